The molecule has 0 aliphatic heterocycles. The highest BCUT2D eigenvalue weighted by atomic mass is 16.5. The molecule has 8 heteroatoms. The number of benzene rings is 2. The van der Waals surface area contributed by atoms with Crippen molar-refractivity contribution in [1.29, 1.82) is 0 Å². The molecule has 0 bridgehead atoms. The number of esters is 1. The number of anilines is 1. The van der Waals surface area contributed by atoms with Gasteiger partial charge in [0, 0.05) is 23.4 Å². The van der Waals surface area contributed by atoms with Gasteiger partial charge in [0.25, 0.3) is 11.8 Å². The van der Waals surface area contributed by atoms with E-state index in [-0.39, 0.29) is 30.4 Å². The van der Waals surface area contributed by atoms with Crippen LogP contribution in [0.3, 0.4) is 0 Å². The van der Waals surface area contributed by atoms with Gasteiger partial charge in [-0.3, -0.25) is 19.2 Å². The zero-order valence-corrected chi connectivity index (χ0v) is 16.5. The lowest BCUT2D eigenvalue weighted by atomic mass is 10.1. The fourth-order valence-electron chi connectivity index (χ4n) is 2.61. The van der Waals surface area contributed by atoms with Crippen molar-refractivity contribution in [3.63, 3.8) is 0 Å². The number of carbonyl (C=O) groups excluding carboxylic acids is 4. The second-order valence-electron chi connectivity index (χ2n) is 6.46. The number of furan rings is 1. The average molecular weight is 420 g/mol. The van der Waals surface area contributed by atoms with E-state index in [1.165, 1.54) is 12.3 Å². The minimum absolute atomic E-state index is 0.0579. The molecule has 31 heavy (non-hydrogen) atoms. The zero-order valence-electron chi connectivity index (χ0n) is 16.5. The van der Waals surface area contributed by atoms with Crippen molar-refractivity contribution in [3.05, 3.63) is 89.9 Å². The Bertz CT molecular complexity index is 1040. The third kappa shape index (κ3) is 6.40. The lowest BCUT2D eigenvalue weighted by Crippen LogP contribution is -2.26. The van der Waals surface area contributed by atoms with Crippen LogP contribution >= 0.6 is 0 Å². The predicted octanol–water partition coefficient (Wildman–Crippen LogP) is 3.08. The minimum Gasteiger partial charge on any atom is -0.459 e. The maximum atomic E-state index is 12.2. The summed E-state index contributed by atoms with van der Waals surface area (Å²) in [6, 6.07) is 18.1. The van der Waals surface area contributed by atoms with Crippen LogP contribution in [0.25, 0.3) is 0 Å². The lowest BCUT2D eigenvalue weighted by molar-refractivity contribution is -0.142. The Morgan fingerprint density at radius 1 is 0.806 bits per heavy atom. The summed E-state index contributed by atoms with van der Waals surface area (Å²) in [6.07, 6.45) is 1.29. The molecule has 2 aromatic carbocycles. The number of hydrogen-bond donors (Lipinski definition) is 2. The molecule has 2 amide bonds. The molecule has 1 aromatic heterocycles. The molecule has 0 unspecified atom stereocenters. The summed E-state index contributed by atoms with van der Waals surface area (Å²) < 4.78 is 9.89. The lowest BCUT2D eigenvalue weighted by Gasteiger charge is -2.07. The second-order valence-corrected chi connectivity index (χ2v) is 6.46. The number of carbonyl (C=O) groups is 4. The van der Waals surface area contributed by atoms with Gasteiger partial charge in [0.1, 0.15) is 0 Å². The summed E-state index contributed by atoms with van der Waals surface area (Å²) >= 11 is 0. The van der Waals surface area contributed by atoms with Gasteiger partial charge in [-0.2, -0.15) is 0 Å². The third-order valence-electron chi connectivity index (χ3n) is 4.22. The van der Waals surface area contributed by atoms with Crippen molar-refractivity contribution in [3.8, 4) is 0 Å². The van der Waals surface area contributed by atoms with Crippen molar-refractivity contribution >= 4 is 29.3 Å². The Morgan fingerprint density at radius 2 is 1.55 bits per heavy atom. The Kier molecular flexibility index (Phi) is 7.31. The van der Waals surface area contributed by atoms with Gasteiger partial charge >= 0.3 is 5.97 Å². The van der Waals surface area contributed by atoms with Crippen LogP contribution in [-0.4, -0.2) is 36.7 Å². The first kappa shape index (κ1) is 21.5. The van der Waals surface area contributed by atoms with Gasteiger partial charge < -0.3 is 19.8 Å². The van der Waals surface area contributed by atoms with E-state index in [1.807, 2.05) is 6.07 Å². The highest BCUT2D eigenvalue weighted by Crippen LogP contribution is 2.12. The first-order valence-electron chi connectivity index (χ1n) is 9.50. The van der Waals surface area contributed by atoms with Gasteiger partial charge in [-0.25, -0.2) is 0 Å². The van der Waals surface area contributed by atoms with E-state index in [2.05, 4.69) is 10.6 Å². The number of ketones is 1. The summed E-state index contributed by atoms with van der Waals surface area (Å²) in [4.78, 5) is 47.8. The SMILES string of the molecule is O=C(CCNC(=O)c1ccco1)OCC(=O)c1ccc(NC(=O)c2ccccc2)cc1. The maximum Gasteiger partial charge on any atom is 0.308 e. The Morgan fingerprint density at radius 3 is 2.23 bits per heavy atom. The van der Waals surface area contributed by atoms with Crippen LogP contribution < -0.4 is 10.6 Å². The highest BCUT2D eigenvalue weighted by Gasteiger charge is 2.12. The molecule has 0 atom stereocenters. The van der Waals surface area contributed by atoms with Crippen molar-refractivity contribution in [2.24, 2.45) is 0 Å². The zero-order chi connectivity index (χ0) is 22.1. The van der Waals surface area contributed by atoms with Gasteiger partial charge in [0.05, 0.1) is 12.7 Å². The summed E-state index contributed by atoms with van der Waals surface area (Å²) in [5.74, 6) is -1.54. The summed E-state index contributed by atoms with van der Waals surface area (Å²) in [7, 11) is 0. The standard InChI is InChI=1S/C23H20N2O6/c26-19(15-31-21(27)12-13-24-23(29)20-7-4-14-30-20)16-8-10-18(11-9-16)25-22(28)17-5-2-1-3-6-17/h1-11,14H,12-13,15H2,(H,24,29)(H,25,28). The van der Waals surface area contributed by atoms with E-state index in [1.54, 1.807) is 54.6 Å². The Labute approximate surface area is 178 Å². The fourth-order valence-corrected chi connectivity index (χ4v) is 2.61. The average Bonchev–Trinajstić information content (AvgIpc) is 3.33. The quantitative estimate of drug-likeness (QED) is 0.406. The molecule has 0 saturated heterocycles. The summed E-state index contributed by atoms with van der Waals surface area (Å²) in [5.41, 5.74) is 1.40. The van der Waals surface area contributed by atoms with Crippen molar-refractivity contribution in [2.45, 2.75) is 6.42 Å². The van der Waals surface area contributed by atoms with Crippen molar-refractivity contribution in [1.82, 2.24) is 5.32 Å². The molecule has 0 saturated carbocycles. The van der Waals surface area contributed by atoms with Gasteiger partial charge in [0.2, 0.25) is 0 Å². The van der Waals surface area contributed by atoms with E-state index in [4.69, 9.17) is 9.15 Å². The Balaban J connectivity index is 1.40. The number of ether oxygens (including phenoxy) is 1. The van der Waals surface area contributed by atoms with Crippen LogP contribution in [0.1, 0.15) is 37.7 Å². The number of rotatable bonds is 9. The van der Waals surface area contributed by atoms with E-state index in [0.29, 0.717) is 16.8 Å². The van der Waals surface area contributed by atoms with Crippen molar-refractivity contribution < 1.29 is 28.3 Å². The van der Waals surface area contributed by atoms with Crippen LogP contribution in [0, 0.1) is 0 Å². The number of hydrogen-bond acceptors (Lipinski definition) is 6. The minimum atomic E-state index is -0.611. The molecule has 0 aliphatic carbocycles. The predicted molar refractivity (Wildman–Crippen MR) is 112 cm³/mol. The van der Waals surface area contributed by atoms with E-state index >= 15 is 0 Å². The smallest absolute Gasteiger partial charge is 0.308 e. The molecule has 2 N–H and O–H groups in total. The molecule has 158 valence electrons. The highest BCUT2D eigenvalue weighted by molar-refractivity contribution is 6.04. The van der Waals surface area contributed by atoms with Crippen LogP contribution in [-0.2, 0) is 9.53 Å². The van der Waals surface area contributed by atoms with E-state index < -0.39 is 18.5 Å². The van der Waals surface area contributed by atoms with E-state index in [9.17, 15) is 19.2 Å². The molecule has 3 rings (SSSR count). The van der Waals surface area contributed by atoms with Crippen molar-refractivity contribution in [2.75, 3.05) is 18.5 Å². The van der Waals surface area contributed by atoms with Gasteiger partial charge in [-0.05, 0) is 48.5 Å². The molecule has 8 nitrogen and oxygen atoms in total. The molecule has 1 heterocycles. The monoisotopic (exact) mass is 420 g/mol. The van der Waals surface area contributed by atoms with Crippen LogP contribution in [0.5, 0.6) is 0 Å². The van der Waals surface area contributed by atoms with Crippen LogP contribution in [0.15, 0.2) is 77.4 Å². The molecule has 0 aliphatic rings. The van der Waals surface area contributed by atoms with E-state index in [0.717, 1.165) is 0 Å². The number of amides is 2. The molecular weight excluding hydrogens is 400 g/mol. The Hall–Kier alpha value is -4.20. The molecule has 0 radical (unpaired) electrons. The maximum absolute atomic E-state index is 12.2. The normalized spacial score (nSPS) is 10.2. The van der Waals surface area contributed by atoms with Crippen LogP contribution in [0.4, 0.5) is 5.69 Å². The largest absolute Gasteiger partial charge is 0.459 e. The van der Waals surface area contributed by atoms with Crippen LogP contribution in [0.2, 0.25) is 0 Å². The van der Waals surface area contributed by atoms with Gasteiger partial charge in [-0.1, -0.05) is 18.2 Å². The number of Topliss-reactive ketones (excluding diaryl/α,β-unsaturated/α-hetero) is 1. The number of nitrogens with one attached hydrogen (secondary N) is 2. The third-order valence-corrected chi connectivity index (χ3v) is 4.22. The topological polar surface area (TPSA) is 115 Å². The first-order valence-corrected chi connectivity index (χ1v) is 9.50. The molecule has 3 aromatic rings. The molecule has 0 fully saturated rings. The molecular formula is C23H20N2O6. The van der Waals surface area contributed by atoms with Gasteiger partial charge in [-0.15, -0.1) is 0 Å². The first-order chi connectivity index (χ1) is 15.0. The molecule has 0 spiro atoms. The summed E-state index contributed by atoms with van der Waals surface area (Å²) in [6.45, 7) is -0.358. The second kappa shape index (κ2) is 10.5. The fraction of sp³-hybridized carbons (Fsp3) is 0.130. The van der Waals surface area contributed by atoms with Gasteiger partial charge in [0.15, 0.2) is 18.2 Å². The summed E-state index contributed by atoms with van der Waals surface area (Å²) in [5, 5.41) is 5.26.